The number of aryl methyl sites for hydroxylation is 1. The van der Waals surface area contributed by atoms with Gasteiger partial charge in [-0.05, 0) is 49.3 Å². The van der Waals surface area contributed by atoms with Crippen LogP contribution in [0.5, 0.6) is 0 Å². The number of fused-ring (bicyclic) bond motifs is 1. The number of aromatic nitrogens is 1. The van der Waals surface area contributed by atoms with Crippen molar-refractivity contribution < 1.29 is 9.59 Å². The number of rotatable bonds is 3. The van der Waals surface area contributed by atoms with Crippen LogP contribution in [0.2, 0.25) is 5.02 Å². The molecule has 136 valence electrons. The van der Waals surface area contributed by atoms with Gasteiger partial charge in [-0.25, -0.2) is 4.98 Å². The largest absolute Gasteiger partial charge is 0.368 e. The van der Waals surface area contributed by atoms with Crippen LogP contribution in [0.3, 0.4) is 0 Å². The number of hydrogen-bond acceptors (Lipinski definition) is 4. The van der Waals surface area contributed by atoms with Crippen molar-refractivity contribution >= 4 is 34.8 Å². The van der Waals surface area contributed by atoms with Crippen LogP contribution in [-0.2, 0) is 4.79 Å². The molecule has 1 aliphatic carbocycles. The highest BCUT2D eigenvalue weighted by Gasteiger charge is 2.49. The third-order valence-corrected chi connectivity index (χ3v) is 6.72. The molecule has 0 radical (unpaired) electrons. The third kappa shape index (κ3) is 2.91. The van der Waals surface area contributed by atoms with Gasteiger partial charge >= 0.3 is 0 Å². The second kappa shape index (κ2) is 6.67. The zero-order valence-electron chi connectivity index (χ0n) is 14.4. The SMILES string of the molecule is Cc1nc(C(=O)N2CC3CCCC3C2C(N)=O)c(-c2cccc(Cl)c2)s1. The molecule has 1 saturated heterocycles. The first-order valence-electron chi connectivity index (χ1n) is 8.79. The summed E-state index contributed by atoms with van der Waals surface area (Å²) in [6.07, 6.45) is 3.11. The van der Waals surface area contributed by atoms with Crippen LogP contribution in [0.15, 0.2) is 24.3 Å². The number of nitrogens with two attached hydrogens (primary N) is 1. The van der Waals surface area contributed by atoms with Crippen LogP contribution in [0.1, 0.15) is 34.8 Å². The Morgan fingerprint density at radius 1 is 1.35 bits per heavy atom. The van der Waals surface area contributed by atoms with Crippen molar-refractivity contribution in [1.29, 1.82) is 0 Å². The number of likely N-dealkylation sites (tertiary alicyclic amines) is 1. The smallest absolute Gasteiger partial charge is 0.274 e. The molecule has 3 unspecified atom stereocenters. The lowest BCUT2D eigenvalue weighted by atomic mass is 9.93. The van der Waals surface area contributed by atoms with Crippen molar-refractivity contribution in [3.63, 3.8) is 0 Å². The van der Waals surface area contributed by atoms with E-state index in [0.29, 0.717) is 23.2 Å². The molecular weight excluding hydrogens is 370 g/mol. The highest BCUT2D eigenvalue weighted by molar-refractivity contribution is 7.15. The molecule has 1 aliphatic heterocycles. The lowest BCUT2D eigenvalue weighted by Gasteiger charge is -2.25. The number of halogens is 1. The number of thiazole rings is 1. The fraction of sp³-hybridized carbons (Fsp3) is 0.421. The van der Waals surface area contributed by atoms with Crippen LogP contribution >= 0.6 is 22.9 Å². The maximum atomic E-state index is 13.3. The molecule has 2 aliphatic rings. The molecule has 1 aromatic heterocycles. The van der Waals surface area contributed by atoms with Crippen LogP contribution in [0.25, 0.3) is 10.4 Å². The van der Waals surface area contributed by atoms with E-state index in [2.05, 4.69) is 4.98 Å². The molecule has 2 aromatic rings. The van der Waals surface area contributed by atoms with Crippen molar-refractivity contribution in [2.24, 2.45) is 17.6 Å². The number of primary amides is 1. The Hall–Kier alpha value is -1.92. The summed E-state index contributed by atoms with van der Waals surface area (Å²) in [7, 11) is 0. The average Bonchev–Trinajstić information content (AvgIpc) is 3.27. The number of carbonyl (C=O) groups excluding carboxylic acids is 2. The fourth-order valence-corrected chi connectivity index (χ4v) is 5.51. The van der Waals surface area contributed by atoms with Crippen molar-refractivity contribution in [3.05, 3.63) is 40.0 Å². The van der Waals surface area contributed by atoms with Gasteiger partial charge in [-0.2, -0.15) is 0 Å². The van der Waals surface area contributed by atoms with E-state index >= 15 is 0 Å². The number of hydrogen-bond donors (Lipinski definition) is 1. The Morgan fingerprint density at radius 3 is 2.88 bits per heavy atom. The van der Waals surface area contributed by atoms with E-state index in [0.717, 1.165) is 34.7 Å². The Bertz CT molecular complexity index is 881. The Kier molecular flexibility index (Phi) is 4.49. The lowest BCUT2D eigenvalue weighted by molar-refractivity contribution is -0.122. The number of benzene rings is 1. The molecular formula is C19H20ClN3O2S. The quantitative estimate of drug-likeness (QED) is 0.872. The Balaban J connectivity index is 1.72. The molecule has 4 rings (SSSR count). The van der Waals surface area contributed by atoms with Gasteiger partial charge < -0.3 is 10.6 Å². The number of nitrogens with zero attached hydrogens (tertiary/aromatic N) is 2. The molecule has 2 amide bonds. The number of carbonyl (C=O) groups is 2. The summed E-state index contributed by atoms with van der Waals surface area (Å²) in [5, 5.41) is 1.41. The highest BCUT2D eigenvalue weighted by Crippen LogP contribution is 2.43. The van der Waals surface area contributed by atoms with Crippen LogP contribution in [0.4, 0.5) is 0 Å². The van der Waals surface area contributed by atoms with Gasteiger partial charge in [0.05, 0.1) is 9.88 Å². The van der Waals surface area contributed by atoms with Crippen molar-refractivity contribution in [2.75, 3.05) is 6.54 Å². The van der Waals surface area contributed by atoms with E-state index in [9.17, 15) is 9.59 Å². The van der Waals surface area contributed by atoms with Gasteiger partial charge in [0.15, 0.2) is 0 Å². The van der Waals surface area contributed by atoms with Gasteiger partial charge in [-0.1, -0.05) is 30.2 Å². The second-order valence-corrected chi connectivity index (χ2v) is 8.72. The Labute approximate surface area is 161 Å². The standard InChI is InChI=1S/C19H20ClN3O2S/c1-10-22-15(17(26-10)11-4-2-6-13(20)8-11)19(25)23-9-12-5-3-7-14(12)16(23)18(21)24/h2,4,6,8,12,14,16H,3,5,7,9H2,1H3,(H2,21,24). The summed E-state index contributed by atoms with van der Waals surface area (Å²) in [5.41, 5.74) is 6.92. The molecule has 3 atom stereocenters. The van der Waals surface area contributed by atoms with E-state index in [1.54, 1.807) is 11.0 Å². The summed E-state index contributed by atoms with van der Waals surface area (Å²) in [6.45, 7) is 2.46. The summed E-state index contributed by atoms with van der Waals surface area (Å²) in [5.74, 6) is -0.0665. The molecule has 2 heterocycles. The molecule has 5 nitrogen and oxygen atoms in total. The van der Waals surface area contributed by atoms with E-state index in [1.165, 1.54) is 11.3 Å². The van der Waals surface area contributed by atoms with Gasteiger partial charge in [-0.3, -0.25) is 9.59 Å². The Morgan fingerprint density at radius 2 is 2.15 bits per heavy atom. The minimum Gasteiger partial charge on any atom is -0.368 e. The molecule has 26 heavy (non-hydrogen) atoms. The molecule has 2 N–H and O–H groups in total. The van der Waals surface area contributed by atoms with E-state index in [4.69, 9.17) is 17.3 Å². The van der Waals surface area contributed by atoms with Crippen molar-refractivity contribution in [1.82, 2.24) is 9.88 Å². The maximum Gasteiger partial charge on any atom is 0.274 e. The highest BCUT2D eigenvalue weighted by atomic mass is 35.5. The van der Waals surface area contributed by atoms with Gasteiger partial charge in [0, 0.05) is 11.6 Å². The summed E-state index contributed by atoms with van der Waals surface area (Å²) in [4.78, 5) is 32.3. The second-order valence-electron chi connectivity index (χ2n) is 7.08. The van der Waals surface area contributed by atoms with Crippen LogP contribution < -0.4 is 5.73 Å². The summed E-state index contributed by atoms with van der Waals surface area (Å²) in [6, 6.07) is 6.87. The fourth-order valence-electron chi connectivity index (χ4n) is 4.41. The topological polar surface area (TPSA) is 76.3 Å². The molecule has 2 fully saturated rings. The summed E-state index contributed by atoms with van der Waals surface area (Å²) >= 11 is 7.58. The maximum absolute atomic E-state index is 13.3. The zero-order chi connectivity index (χ0) is 18.4. The van der Waals surface area contributed by atoms with Crippen LogP contribution in [0, 0.1) is 18.8 Å². The van der Waals surface area contributed by atoms with Gasteiger partial charge in [0.1, 0.15) is 11.7 Å². The van der Waals surface area contributed by atoms with Crippen LogP contribution in [-0.4, -0.2) is 34.3 Å². The molecule has 0 bridgehead atoms. The van der Waals surface area contributed by atoms with E-state index in [1.807, 2.05) is 25.1 Å². The molecule has 7 heteroatoms. The minimum atomic E-state index is -0.524. The van der Waals surface area contributed by atoms with Gasteiger partial charge in [0.2, 0.25) is 5.91 Å². The first-order chi connectivity index (χ1) is 12.5. The third-order valence-electron chi connectivity index (χ3n) is 5.47. The lowest BCUT2D eigenvalue weighted by Crippen LogP contribution is -2.46. The first kappa shape index (κ1) is 17.5. The predicted molar refractivity (Wildman–Crippen MR) is 102 cm³/mol. The molecule has 0 spiro atoms. The normalized spacial score (nSPS) is 24.7. The number of amides is 2. The minimum absolute atomic E-state index is 0.186. The van der Waals surface area contributed by atoms with Gasteiger partial charge in [0.25, 0.3) is 5.91 Å². The van der Waals surface area contributed by atoms with Gasteiger partial charge in [-0.15, -0.1) is 11.3 Å². The monoisotopic (exact) mass is 389 g/mol. The van der Waals surface area contributed by atoms with E-state index < -0.39 is 11.9 Å². The average molecular weight is 390 g/mol. The van der Waals surface area contributed by atoms with Crippen molar-refractivity contribution in [2.45, 2.75) is 32.2 Å². The molecule has 1 saturated carbocycles. The summed E-state index contributed by atoms with van der Waals surface area (Å²) < 4.78 is 0. The zero-order valence-corrected chi connectivity index (χ0v) is 16.0. The van der Waals surface area contributed by atoms with Crippen molar-refractivity contribution in [3.8, 4) is 10.4 Å². The predicted octanol–water partition coefficient (Wildman–Crippen LogP) is 3.50. The van der Waals surface area contributed by atoms with E-state index in [-0.39, 0.29) is 11.8 Å². The molecule has 1 aromatic carbocycles. The first-order valence-corrected chi connectivity index (χ1v) is 9.99.